The summed E-state index contributed by atoms with van der Waals surface area (Å²) in [6.45, 7) is 1.33. The zero-order valence-electron chi connectivity index (χ0n) is 19.3. The van der Waals surface area contributed by atoms with Crippen molar-refractivity contribution in [3.8, 4) is 0 Å². The number of allylic oxidation sites excluding steroid dienone is 2. The molecule has 0 amide bonds. The number of nitrogens with two attached hydrogens (primary N) is 2. The molecular formula is C22H24N10O3P+. The first-order valence-corrected chi connectivity index (χ1v) is 12.5. The van der Waals surface area contributed by atoms with Crippen molar-refractivity contribution in [3.63, 3.8) is 0 Å². The van der Waals surface area contributed by atoms with E-state index in [1.54, 1.807) is 12.7 Å². The summed E-state index contributed by atoms with van der Waals surface area (Å²) < 4.78 is 26.7. The Morgan fingerprint density at radius 1 is 0.778 bits per heavy atom. The maximum absolute atomic E-state index is 12.2. The number of hydrogen-bond acceptors (Lipinski definition) is 11. The summed E-state index contributed by atoms with van der Waals surface area (Å²) in [7, 11) is -2.33. The summed E-state index contributed by atoms with van der Waals surface area (Å²) in [6.07, 6.45) is 16.9. The Hall–Kier alpha value is -4.12. The summed E-state index contributed by atoms with van der Waals surface area (Å²) in [5, 5.41) is 0. The number of imidazole rings is 2. The number of rotatable bonds is 10. The van der Waals surface area contributed by atoms with Gasteiger partial charge in [0, 0.05) is 28.5 Å². The molecule has 6 rings (SSSR count). The third kappa shape index (κ3) is 4.33. The predicted octanol–water partition coefficient (Wildman–Crippen LogP) is 3.11. The van der Waals surface area contributed by atoms with E-state index >= 15 is 0 Å². The Morgan fingerprint density at radius 3 is 1.64 bits per heavy atom. The molecule has 0 aromatic carbocycles. The molecule has 2 aliphatic carbocycles. The quantitative estimate of drug-likeness (QED) is 0.238. The van der Waals surface area contributed by atoms with Gasteiger partial charge < -0.3 is 20.6 Å². The smallest absolute Gasteiger partial charge is 0.382 e. The number of anilines is 2. The van der Waals surface area contributed by atoms with E-state index in [-0.39, 0.29) is 10.8 Å². The molecule has 0 unspecified atom stereocenters. The monoisotopic (exact) mass is 507 g/mol. The van der Waals surface area contributed by atoms with Gasteiger partial charge in [0.25, 0.3) is 0 Å². The molecule has 0 radical (unpaired) electrons. The second kappa shape index (κ2) is 8.52. The van der Waals surface area contributed by atoms with Crippen LogP contribution in [-0.4, -0.2) is 39.0 Å². The van der Waals surface area contributed by atoms with Gasteiger partial charge in [-0.2, -0.15) is 0 Å². The minimum atomic E-state index is -2.33. The topological polar surface area (TPSA) is 175 Å². The molecule has 0 atom stereocenters. The van der Waals surface area contributed by atoms with Gasteiger partial charge in [-0.3, -0.25) is 0 Å². The van der Waals surface area contributed by atoms with Crippen LogP contribution in [0.2, 0.25) is 0 Å². The Morgan fingerprint density at radius 2 is 1.22 bits per heavy atom. The highest BCUT2D eigenvalue weighted by Gasteiger charge is 2.42. The normalized spacial score (nSPS) is 17.8. The fourth-order valence-electron chi connectivity index (χ4n) is 4.26. The van der Waals surface area contributed by atoms with Gasteiger partial charge in [0.15, 0.2) is 35.5 Å². The third-order valence-corrected chi connectivity index (χ3v) is 7.34. The van der Waals surface area contributed by atoms with Crippen LogP contribution in [-0.2, 0) is 26.7 Å². The molecule has 0 aliphatic heterocycles. The molecule has 2 saturated carbocycles. The highest BCUT2D eigenvalue weighted by Crippen LogP contribution is 2.50. The fourth-order valence-corrected chi connectivity index (χ4v) is 4.63. The summed E-state index contributed by atoms with van der Waals surface area (Å²) in [6, 6.07) is 0. The Bertz CT molecular complexity index is 1410. The average Bonchev–Trinajstić information content (AvgIpc) is 3.71. The van der Waals surface area contributed by atoms with E-state index in [0.29, 0.717) is 47.1 Å². The predicted molar refractivity (Wildman–Crippen MR) is 131 cm³/mol. The summed E-state index contributed by atoms with van der Waals surface area (Å²) in [4.78, 5) is 25.1. The first-order valence-electron chi connectivity index (χ1n) is 11.4. The largest absolute Gasteiger partial charge is 0.804 e. The lowest BCUT2D eigenvalue weighted by Crippen LogP contribution is -2.09. The highest BCUT2D eigenvalue weighted by atomic mass is 31.1. The van der Waals surface area contributed by atoms with E-state index < -0.39 is 8.25 Å². The van der Waals surface area contributed by atoms with Gasteiger partial charge in [-0.1, -0.05) is 0 Å². The Kier molecular flexibility index (Phi) is 5.29. The number of aromatic nitrogens is 8. The average molecular weight is 507 g/mol. The molecule has 4 aromatic heterocycles. The van der Waals surface area contributed by atoms with Gasteiger partial charge in [-0.05, 0) is 37.8 Å². The number of nitrogens with zero attached hydrogens (tertiary/aromatic N) is 8. The molecule has 184 valence electrons. The van der Waals surface area contributed by atoms with Gasteiger partial charge >= 0.3 is 8.25 Å². The van der Waals surface area contributed by atoms with Gasteiger partial charge in [-0.15, -0.1) is 0 Å². The number of fused-ring (bicyclic) bond motifs is 2. The van der Waals surface area contributed by atoms with Crippen LogP contribution in [0.15, 0.2) is 50.0 Å². The molecule has 4 N–H and O–H groups in total. The molecule has 0 spiro atoms. The van der Waals surface area contributed by atoms with E-state index in [1.807, 2.05) is 21.3 Å². The van der Waals surface area contributed by atoms with E-state index in [0.717, 1.165) is 25.7 Å². The van der Waals surface area contributed by atoms with Crippen molar-refractivity contribution in [1.82, 2.24) is 39.0 Å². The van der Waals surface area contributed by atoms with Crippen molar-refractivity contribution < 1.29 is 13.6 Å². The third-order valence-electron chi connectivity index (χ3n) is 6.75. The SMILES string of the molecule is Nc1ncnc2c1ncn2CC1(/C=C/O[P+](=O)O/C=C/C2(Cn3cnc4c(N)ncnc43)CC2)CC1. The van der Waals surface area contributed by atoms with Crippen LogP contribution < -0.4 is 11.5 Å². The Balaban J connectivity index is 1.02. The van der Waals surface area contributed by atoms with Crippen LogP contribution >= 0.6 is 8.25 Å². The molecular weight excluding hydrogens is 483 g/mol. The van der Waals surface area contributed by atoms with Gasteiger partial charge in [0.2, 0.25) is 0 Å². The Labute approximate surface area is 206 Å². The van der Waals surface area contributed by atoms with Gasteiger partial charge in [0.05, 0.1) is 12.7 Å². The molecule has 4 aromatic rings. The number of hydrogen-bond donors (Lipinski definition) is 2. The second-order valence-electron chi connectivity index (χ2n) is 9.37. The lowest BCUT2D eigenvalue weighted by atomic mass is 10.1. The minimum Gasteiger partial charge on any atom is -0.382 e. The standard InChI is InChI=1S/C22H24N10O3P/c23-17-15-19(27-11-25-17)31(13-29-15)9-21(1-2-21)5-7-34-36(33)35-8-6-22(3-4-22)10-32-14-30-16-18(24)26-12-28-20(16)32/h5-8,11-14H,1-4,9-10H2,(H2,23,25,27)(H2,24,26,28)/q+1/b7-5+,8-6+. The van der Waals surface area contributed by atoms with Crippen LogP contribution in [0, 0.1) is 10.8 Å². The zero-order chi connectivity index (χ0) is 24.8. The van der Waals surface area contributed by atoms with Crippen LogP contribution in [0.4, 0.5) is 11.6 Å². The van der Waals surface area contributed by atoms with Crippen LogP contribution in [0.3, 0.4) is 0 Å². The molecule has 0 bridgehead atoms. The van der Waals surface area contributed by atoms with Crippen molar-refractivity contribution >= 4 is 42.2 Å². The van der Waals surface area contributed by atoms with Gasteiger partial charge in [-0.25, -0.2) is 39.0 Å². The van der Waals surface area contributed by atoms with Gasteiger partial charge in [0.1, 0.15) is 23.7 Å². The molecule has 36 heavy (non-hydrogen) atoms. The molecule has 14 heteroatoms. The lowest BCUT2D eigenvalue weighted by Gasteiger charge is -2.10. The molecule has 13 nitrogen and oxygen atoms in total. The molecule has 2 fully saturated rings. The van der Waals surface area contributed by atoms with Crippen LogP contribution in [0.25, 0.3) is 22.3 Å². The summed E-state index contributed by atoms with van der Waals surface area (Å²) >= 11 is 0. The van der Waals surface area contributed by atoms with Crippen molar-refractivity contribution in [2.24, 2.45) is 10.8 Å². The van der Waals surface area contributed by atoms with Crippen LogP contribution in [0.1, 0.15) is 25.7 Å². The van der Waals surface area contributed by atoms with E-state index in [4.69, 9.17) is 20.5 Å². The number of nitrogen functional groups attached to an aromatic ring is 2. The summed E-state index contributed by atoms with van der Waals surface area (Å²) in [5.41, 5.74) is 14.1. The van der Waals surface area contributed by atoms with E-state index in [9.17, 15) is 4.57 Å². The minimum absolute atomic E-state index is 0.0993. The first kappa shape index (κ1) is 22.4. The first-order chi connectivity index (χ1) is 17.5. The van der Waals surface area contributed by atoms with Crippen molar-refractivity contribution in [2.45, 2.75) is 38.8 Å². The maximum Gasteiger partial charge on any atom is 0.804 e. The van der Waals surface area contributed by atoms with Crippen LogP contribution in [0.5, 0.6) is 0 Å². The van der Waals surface area contributed by atoms with Crippen molar-refractivity contribution in [2.75, 3.05) is 11.5 Å². The molecule has 0 saturated heterocycles. The highest BCUT2D eigenvalue weighted by molar-refractivity contribution is 7.33. The van der Waals surface area contributed by atoms with Crippen molar-refractivity contribution in [3.05, 3.63) is 50.0 Å². The van der Waals surface area contributed by atoms with E-state index in [2.05, 4.69) is 29.9 Å². The molecule has 4 heterocycles. The molecule has 2 aliphatic rings. The lowest BCUT2D eigenvalue weighted by molar-refractivity contribution is 0.349. The zero-order valence-corrected chi connectivity index (χ0v) is 20.2. The second-order valence-corrected chi connectivity index (χ2v) is 10.2. The fraction of sp³-hybridized carbons (Fsp3) is 0.364. The maximum atomic E-state index is 12.2. The summed E-state index contributed by atoms with van der Waals surface area (Å²) in [5.74, 6) is 0.712. The van der Waals surface area contributed by atoms with E-state index in [1.165, 1.54) is 25.2 Å². The van der Waals surface area contributed by atoms with Crippen molar-refractivity contribution in [1.29, 1.82) is 0 Å².